The van der Waals surface area contributed by atoms with E-state index in [0.29, 0.717) is 27.1 Å². The fraction of sp³-hybridized carbons (Fsp3) is 0.190. The number of carbonyl (C=O) groups excluding carboxylic acids is 1. The van der Waals surface area contributed by atoms with Crippen LogP contribution in [0, 0.1) is 13.8 Å². The van der Waals surface area contributed by atoms with Gasteiger partial charge in [0, 0.05) is 12.1 Å². The van der Waals surface area contributed by atoms with E-state index >= 15 is 0 Å². The summed E-state index contributed by atoms with van der Waals surface area (Å²) >= 11 is 12.4. The number of rotatable bonds is 7. The third kappa shape index (κ3) is 5.36. The topological polar surface area (TPSA) is 96.7 Å². The first-order valence-corrected chi connectivity index (χ1v) is 11.6. The number of aryl methyl sites for hydroxylation is 2. The molecule has 3 rings (SSSR count). The molecule has 0 saturated carbocycles. The molecule has 0 aliphatic rings. The van der Waals surface area contributed by atoms with E-state index in [1.165, 1.54) is 30.1 Å². The van der Waals surface area contributed by atoms with Gasteiger partial charge in [0.05, 0.1) is 34.6 Å². The van der Waals surface area contributed by atoms with Crippen molar-refractivity contribution < 1.29 is 13.2 Å². The van der Waals surface area contributed by atoms with Gasteiger partial charge in [0.1, 0.15) is 5.15 Å². The Morgan fingerprint density at radius 2 is 1.88 bits per heavy atom. The molecule has 1 amide bonds. The molecule has 0 fully saturated rings. The molecule has 1 aromatic heterocycles. The second-order valence-electron chi connectivity index (χ2n) is 7.05. The summed E-state index contributed by atoms with van der Waals surface area (Å²) in [5.74, 6) is -0.601. The molecule has 0 radical (unpaired) electrons. The zero-order chi connectivity index (χ0) is 23.5. The number of hydrogen-bond donors (Lipinski definition) is 1. The van der Waals surface area contributed by atoms with Crippen molar-refractivity contribution in [2.45, 2.75) is 18.7 Å². The Balaban J connectivity index is 1.67. The van der Waals surface area contributed by atoms with Gasteiger partial charge in [-0.25, -0.2) is 18.5 Å². The minimum atomic E-state index is -3.80. The fourth-order valence-electron chi connectivity index (χ4n) is 2.82. The fourth-order valence-corrected chi connectivity index (χ4v) is 4.45. The van der Waals surface area contributed by atoms with Gasteiger partial charge in [-0.3, -0.25) is 4.79 Å². The summed E-state index contributed by atoms with van der Waals surface area (Å²) in [6.07, 6.45) is 1.36. The molecule has 0 unspecified atom stereocenters. The van der Waals surface area contributed by atoms with E-state index in [2.05, 4.69) is 15.6 Å². The minimum absolute atomic E-state index is 0.109. The predicted molar refractivity (Wildman–Crippen MR) is 125 cm³/mol. The highest BCUT2D eigenvalue weighted by Crippen LogP contribution is 2.23. The highest BCUT2D eigenvalue weighted by Gasteiger charge is 2.22. The molecule has 168 valence electrons. The summed E-state index contributed by atoms with van der Waals surface area (Å²) < 4.78 is 27.7. The number of amides is 1. The molecular weight excluding hydrogens is 473 g/mol. The van der Waals surface area contributed by atoms with E-state index in [1.807, 2.05) is 6.92 Å². The number of carbonyl (C=O) groups is 1. The van der Waals surface area contributed by atoms with Crippen LogP contribution in [-0.2, 0) is 14.8 Å². The van der Waals surface area contributed by atoms with Crippen molar-refractivity contribution in [3.05, 3.63) is 75.5 Å². The van der Waals surface area contributed by atoms with Gasteiger partial charge in [-0.15, -0.1) is 0 Å². The largest absolute Gasteiger partial charge is 0.272 e. The van der Waals surface area contributed by atoms with Crippen LogP contribution < -0.4 is 5.43 Å². The zero-order valence-corrected chi connectivity index (χ0v) is 19.9. The number of hydrazone groups is 1. The molecule has 0 bridgehead atoms. The maximum Gasteiger partial charge on any atom is 0.255 e. The van der Waals surface area contributed by atoms with Crippen LogP contribution in [0.1, 0.15) is 16.8 Å². The number of benzene rings is 2. The van der Waals surface area contributed by atoms with Crippen LogP contribution >= 0.6 is 23.2 Å². The van der Waals surface area contributed by atoms with Crippen molar-refractivity contribution in [3.8, 4) is 5.69 Å². The molecule has 0 spiro atoms. The quantitative estimate of drug-likeness (QED) is 0.401. The third-order valence-corrected chi connectivity index (χ3v) is 7.00. The van der Waals surface area contributed by atoms with Crippen LogP contribution in [0.25, 0.3) is 5.69 Å². The van der Waals surface area contributed by atoms with Crippen LogP contribution in [0.2, 0.25) is 10.2 Å². The smallest absolute Gasteiger partial charge is 0.255 e. The standard InChI is InChI=1S/C21H21Cl2N5O3S/c1-14-7-9-18(10-8-14)32(30,31)27(3)13-20(29)25-24-12-19-15(2)26-28(21(19)23)17-6-4-5-16(22)11-17/h4-12H,13H2,1-3H3,(H,25,29)/b24-12+. The highest BCUT2D eigenvalue weighted by molar-refractivity contribution is 7.89. The van der Waals surface area contributed by atoms with E-state index in [4.69, 9.17) is 23.2 Å². The molecule has 1 N–H and O–H groups in total. The Hall–Kier alpha value is -2.72. The van der Waals surface area contributed by atoms with Gasteiger partial charge in [-0.2, -0.15) is 14.5 Å². The van der Waals surface area contributed by atoms with E-state index < -0.39 is 22.5 Å². The second kappa shape index (κ2) is 9.83. The maximum atomic E-state index is 12.6. The Morgan fingerprint density at radius 1 is 1.19 bits per heavy atom. The van der Waals surface area contributed by atoms with Gasteiger partial charge in [-0.05, 0) is 44.2 Å². The lowest BCUT2D eigenvalue weighted by Crippen LogP contribution is -2.36. The summed E-state index contributed by atoms with van der Waals surface area (Å²) in [6.45, 7) is 3.21. The molecule has 1 heterocycles. The molecule has 0 saturated heterocycles. The first kappa shape index (κ1) is 23.9. The van der Waals surface area contributed by atoms with E-state index in [0.717, 1.165) is 9.87 Å². The molecular formula is C21H21Cl2N5O3S. The Kier molecular flexibility index (Phi) is 7.35. The van der Waals surface area contributed by atoms with E-state index in [1.54, 1.807) is 43.3 Å². The number of nitrogens with zero attached hydrogens (tertiary/aromatic N) is 4. The van der Waals surface area contributed by atoms with E-state index in [9.17, 15) is 13.2 Å². The van der Waals surface area contributed by atoms with Crippen molar-refractivity contribution in [1.82, 2.24) is 19.5 Å². The second-order valence-corrected chi connectivity index (χ2v) is 9.89. The molecule has 32 heavy (non-hydrogen) atoms. The molecule has 0 aliphatic carbocycles. The lowest BCUT2D eigenvalue weighted by atomic mass is 10.2. The van der Waals surface area contributed by atoms with Crippen molar-refractivity contribution in [3.63, 3.8) is 0 Å². The summed E-state index contributed by atoms with van der Waals surface area (Å²) in [5.41, 5.74) is 5.03. The Bertz CT molecular complexity index is 1270. The highest BCUT2D eigenvalue weighted by atomic mass is 35.5. The number of hydrogen-bond acceptors (Lipinski definition) is 5. The third-order valence-electron chi connectivity index (χ3n) is 4.58. The average molecular weight is 494 g/mol. The lowest BCUT2D eigenvalue weighted by Gasteiger charge is -2.16. The van der Waals surface area contributed by atoms with Crippen LogP contribution in [0.3, 0.4) is 0 Å². The summed E-state index contributed by atoms with van der Waals surface area (Å²) in [7, 11) is -2.47. The van der Waals surface area contributed by atoms with Gasteiger partial charge in [0.2, 0.25) is 10.0 Å². The first-order chi connectivity index (χ1) is 15.1. The first-order valence-electron chi connectivity index (χ1n) is 9.45. The minimum Gasteiger partial charge on any atom is -0.272 e. The van der Waals surface area contributed by atoms with Crippen molar-refractivity contribution >= 4 is 45.3 Å². The summed E-state index contributed by atoms with van der Waals surface area (Å²) in [6, 6.07) is 13.4. The monoisotopic (exact) mass is 493 g/mol. The molecule has 2 aromatic carbocycles. The number of halogens is 2. The molecule has 8 nitrogen and oxygen atoms in total. The molecule has 3 aromatic rings. The van der Waals surface area contributed by atoms with Crippen LogP contribution in [0.4, 0.5) is 0 Å². The zero-order valence-electron chi connectivity index (χ0n) is 17.6. The van der Waals surface area contributed by atoms with Crippen LogP contribution in [0.15, 0.2) is 58.5 Å². The number of likely N-dealkylation sites (N-methyl/N-ethyl adjacent to an activating group) is 1. The Labute approximate surface area is 196 Å². The Morgan fingerprint density at radius 3 is 2.53 bits per heavy atom. The molecule has 11 heteroatoms. The van der Waals surface area contributed by atoms with Crippen molar-refractivity contribution in [1.29, 1.82) is 0 Å². The van der Waals surface area contributed by atoms with E-state index in [-0.39, 0.29) is 4.90 Å². The maximum absolute atomic E-state index is 12.6. The number of sulfonamides is 1. The number of aromatic nitrogens is 2. The van der Waals surface area contributed by atoms with Crippen molar-refractivity contribution in [2.24, 2.45) is 5.10 Å². The summed E-state index contributed by atoms with van der Waals surface area (Å²) in [4.78, 5) is 12.3. The van der Waals surface area contributed by atoms with Crippen LogP contribution in [-0.4, -0.2) is 48.2 Å². The van der Waals surface area contributed by atoms with Gasteiger partial charge in [0.15, 0.2) is 0 Å². The van der Waals surface area contributed by atoms with Gasteiger partial charge >= 0.3 is 0 Å². The molecule has 0 aliphatic heterocycles. The average Bonchev–Trinajstić information content (AvgIpc) is 3.02. The van der Waals surface area contributed by atoms with Gasteiger partial charge in [0.25, 0.3) is 5.91 Å². The number of nitrogens with one attached hydrogen (secondary N) is 1. The molecule has 0 atom stereocenters. The van der Waals surface area contributed by atoms with Gasteiger partial charge in [-0.1, -0.05) is 47.0 Å². The summed E-state index contributed by atoms with van der Waals surface area (Å²) in [5, 5.41) is 9.11. The van der Waals surface area contributed by atoms with Crippen molar-refractivity contribution in [2.75, 3.05) is 13.6 Å². The van der Waals surface area contributed by atoms with Gasteiger partial charge < -0.3 is 0 Å². The lowest BCUT2D eigenvalue weighted by molar-refractivity contribution is -0.121. The SMILES string of the molecule is Cc1ccc(S(=O)(=O)N(C)CC(=O)N/N=C/c2c(C)nn(-c3cccc(Cl)c3)c2Cl)cc1. The normalized spacial score (nSPS) is 11.9. The predicted octanol–water partition coefficient (Wildman–Crippen LogP) is 3.57. The van der Waals surface area contributed by atoms with Crippen LogP contribution in [0.5, 0.6) is 0 Å².